The number of carboxylic acids is 1. The van der Waals surface area contributed by atoms with Crippen molar-refractivity contribution in [3.8, 4) is 11.4 Å². The van der Waals surface area contributed by atoms with Gasteiger partial charge in [-0.2, -0.15) is 16.3 Å². The van der Waals surface area contributed by atoms with Gasteiger partial charge in [0, 0.05) is 36.9 Å². The zero-order valence-corrected chi connectivity index (χ0v) is 13.3. The van der Waals surface area contributed by atoms with E-state index in [1.54, 1.807) is 16.2 Å². The molecule has 0 spiro atoms. The lowest BCUT2D eigenvalue weighted by Crippen LogP contribution is -2.42. The highest BCUT2D eigenvalue weighted by atomic mass is 32.1. The predicted molar refractivity (Wildman–Crippen MR) is 82.9 cm³/mol. The van der Waals surface area contributed by atoms with Crippen molar-refractivity contribution in [2.45, 2.75) is 25.7 Å². The summed E-state index contributed by atoms with van der Waals surface area (Å²) in [4.78, 5) is 29.2. The van der Waals surface area contributed by atoms with E-state index in [9.17, 15) is 9.59 Å². The number of aromatic nitrogens is 2. The number of amides is 1. The standard InChI is InChI=1S/C15H17N3O4S/c19-13(18-6-1-2-10(8-18)15(20)21)4-3-12-16-14(17-22-12)11-5-7-23-9-11/h5,7,9-10H,1-4,6,8H2,(H,20,21). The first kappa shape index (κ1) is 15.7. The molecule has 3 rings (SSSR count). The second-order valence-electron chi connectivity index (χ2n) is 5.54. The molecule has 1 atom stereocenters. The number of carbonyl (C=O) groups is 2. The molecule has 2 aromatic heterocycles. The summed E-state index contributed by atoms with van der Waals surface area (Å²) in [5, 5.41) is 16.8. The van der Waals surface area contributed by atoms with Gasteiger partial charge in [0.2, 0.25) is 17.6 Å². The Morgan fingerprint density at radius 3 is 3.09 bits per heavy atom. The molecule has 1 amide bonds. The second-order valence-corrected chi connectivity index (χ2v) is 6.32. The molecular formula is C15H17N3O4S. The van der Waals surface area contributed by atoms with E-state index < -0.39 is 11.9 Å². The van der Waals surface area contributed by atoms with Gasteiger partial charge < -0.3 is 14.5 Å². The van der Waals surface area contributed by atoms with Gasteiger partial charge >= 0.3 is 5.97 Å². The minimum absolute atomic E-state index is 0.0637. The summed E-state index contributed by atoms with van der Waals surface area (Å²) >= 11 is 1.55. The van der Waals surface area contributed by atoms with Gasteiger partial charge in [-0.05, 0) is 24.3 Å². The molecule has 1 fully saturated rings. The number of rotatable bonds is 5. The van der Waals surface area contributed by atoms with Gasteiger partial charge in [-0.25, -0.2) is 0 Å². The van der Waals surface area contributed by atoms with Gasteiger partial charge in [-0.15, -0.1) is 0 Å². The number of aliphatic carboxylic acids is 1. The van der Waals surface area contributed by atoms with Gasteiger partial charge in [0.05, 0.1) is 5.92 Å². The number of hydrogen-bond acceptors (Lipinski definition) is 6. The minimum Gasteiger partial charge on any atom is -0.481 e. The zero-order valence-electron chi connectivity index (χ0n) is 12.5. The Morgan fingerprint density at radius 1 is 1.48 bits per heavy atom. The Kier molecular flexibility index (Phi) is 4.71. The van der Waals surface area contributed by atoms with E-state index in [0.717, 1.165) is 12.0 Å². The van der Waals surface area contributed by atoms with Crippen LogP contribution in [0.2, 0.25) is 0 Å². The van der Waals surface area contributed by atoms with Crippen LogP contribution < -0.4 is 0 Å². The average molecular weight is 335 g/mol. The zero-order chi connectivity index (χ0) is 16.2. The van der Waals surface area contributed by atoms with Crippen LogP contribution in [0.4, 0.5) is 0 Å². The largest absolute Gasteiger partial charge is 0.481 e. The maximum Gasteiger partial charge on any atom is 0.308 e. The van der Waals surface area contributed by atoms with Crippen molar-refractivity contribution in [2.24, 2.45) is 5.92 Å². The van der Waals surface area contributed by atoms with Crippen LogP contribution in [0.1, 0.15) is 25.2 Å². The van der Waals surface area contributed by atoms with Crippen LogP contribution in [-0.4, -0.2) is 45.1 Å². The first-order valence-electron chi connectivity index (χ1n) is 7.49. The summed E-state index contributed by atoms with van der Waals surface area (Å²) in [7, 11) is 0. The lowest BCUT2D eigenvalue weighted by atomic mass is 9.98. The van der Waals surface area contributed by atoms with E-state index in [4.69, 9.17) is 9.63 Å². The first-order chi connectivity index (χ1) is 11.1. The normalized spacial score (nSPS) is 18.1. The maximum absolute atomic E-state index is 12.2. The quantitative estimate of drug-likeness (QED) is 0.898. The van der Waals surface area contributed by atoms with Crippen molar-refractivity contribution in [3.63, 3.8) is 0 Å². The van der Waals surface area contributed by atoms with Gasteiger partial charge in [0.25, 0.3) is 0 Å². The summed E-state index contributed by atoms with van der Waals surface area (Å²) in [5.41, 5.74) is 0.900. The Hall–Kier alpha value is -2.22. The van der Waals surface area contributed by atoms with Crippen molar-refractivity contribution in [2.75, 3.05) is 13.1 Å². The Labute approximate surface area is 136 Å². The topological polar surface area (TPSA) is 96.5 Å². The van der Waals surface area contributed by atoms with E-state index in [1.807, 2.05) is 16.8 Å². The van der Waals surface area contributed by atoms with Crippen molar-refractivity contribution >= 4 is 23.2 Å². The van der Waals surface area contributed by atoms with Gasteiger partial charge in [-0.3, -0.25) is 9.59 Å². The molecule has 0 aromatic carbocycles. The molecule has 0 bridgehead atoms. The Balaban J connectivity index is 1.54. The number of thiophene rings is 1. The van der Waals surface area contributed by atoms with E-state index in [0.29, 0.717) is 31.1 Å². The average Bonchev–Trinajstić information content (AvgIpc) is 3.23. The molecule has 7 nitrogen and oxygen atoms in total. The summed E-state index contributed by atoms with van der Waals surface area (Å²) < 4.78 is 5.16. The van der Waals surface area contributed by atoms with Gasteiger partial charge in [0.15, 0.2) is 0 Å². The number of nitrogens with zero attached hydrogens (tertiary/aromatic N) is 3. The number of hydrogen-bond donors (Lipinski definition) is 1. The van der Waals surface area contributed by atoms with Crippen LogP contribution >= 0.6 is 11.3 Å². The lowest BCUT2D eigenvalue weighted by molar-refractivity contribution is -0.145. The molecule has 1 aliphatic rings. The molecule has 2 aromatic rings. The highest BCUT2D eigenvalue weighted by molar-refractivity contribution is 7.08. The molecule has 0 radical (unpaired) electrons. The SMILES string of the molecule is O=C(O)C1CCCN(C(=O)CCc2nc(-c3ccsc3)no2)C1. The fraction of sp³-hybridized carbons (Fsp3) is 0.467. The molecule has 1 unspecified atom stereocenters. The third-order valence-electron chi connectivity index (χ3n) is 3.92. The minimum atomic E-state index is -0.834. The molecule has 1 aliphatic heterocycles. The van der Waals surface area contributed by atoms with Gasteiger partial charge in [-0.1, -0.05) is 5.16 Å². The van der Waals surface area contributed by atoms with E-state index in [2.05, 4.69) is 10.1 Å². The van der Waals surface area contributed by atoms with Crippen LogP contribution in [0.3, 0.4) is 0 Å². The fourth-order valence-corrected chi connectivity index (χ4v) is 3.28. The lowest BCUT2D eigenvalue weighted by Gasteiger charge is -2.30. The van der Waals surface area contributed by atoms with Gasteiger partial charge in [0.1, 0.15) is 0 Å². The monoisotopic (exact) mass is 335 g/mol. The van der Waals surface area contributed by atoms with Crippen LogP contribution in [0.5, 0.6) is 0 Å². The number of carboxylic acid groups (broad SMARTS) is 1. The number of aryl methyl sites for hydroxylation is 1. The molecule has 23 heavy (non-hydrogen) atoms. The molecule has 0 aliphatic carbocycles. The van der Waals surface area contributed by atoms with E-state index >= 15 is 0 Å². The predicted octanol–water partition coefficient (Wildman–Crippen LogP) is 2.05. The van der Waals surface area contributed by atoms with Crippen LogP contribution in [0, 0.1) is 5.92 Å². The molecule has 122 valence electrons. The summed E-state index contributed by atoms with van der Waals surface area (Å²) in [6, 6.07) is 1.91. The summed E-state index contributed by atoms with van der Waals surface area (Å²) in [6.07, 6.45) is 1.97. The number of likely N-dealkylation sites (tertiary alicyclic amines) is 1. The number of carbonyl (C=O) groups excluding carboxylic acids is 1. The molecule has 1 saturated heterocycles. The van der Waals surface area contributed by atoms with Crippen LogP contribution in [0.15, 0.2) is 21.3 Å². The van der Waals surface area contributed by atoms with Crippen molar-refractivity contribution in [3.05, 3.63) is 22.7 Å². The molecule has 1 N–H and O–H groups in total. The molecule has 3 heterocycles. The van der Waals surface area contributed by atoms with Crippen LogP contribution in [0.25, 0.3) is 11.4 Å². The summed E-state index contributed by atoms with van der Waals surface area (Å²) in [6.45, 7) is 0.907. The molecular weight excluding hydrogens is 318 g/mol. The highest BCUT2D eigenvalue weighted by Gasteiger charge is 2.28. The van der Waals surface area contributed by atoms with Crippen molar-refractivity contribution < 1.29 is 19.2 Å². The van der Waals surface area contributed by atoms with Crippen molar-refractivity contribution in [1.29, 1.82) is 0 Å². The first-order valence-corrected chi connectivity index (χ1v) is 8.43. The third-order valence-corrected chi connectivity index (χ3v) is 4.61. The molecule has 0 saturated carbocycles. The number of piperidine rings is 1. The van der Waals surface area contributed by atoms with E-state index in [-0.39, 0.29) is 18.9 Å². The maximum atomic E-state index is 12.2. The smallest absolute Gasteiger partial charge is 0.308 e. The van der Waals surface area contributed by atoms with Crippen molar-refractivity contribution in [1.82, 2.24) is 15.0 Å². The van der Waals surface area contributed by atoms with Crippen LogP contribution in [-0.2, 0) is 16.0 Å². The Bertz CT molecular complexity index is 683. The highest BCUT2D eigenvalue weighted by Crippen LogP contribution is 2.20. The second kappa shape index (κ2) is 6.91. The Morgan fingerprint density at radius 2 is 2.35 bits per heavy atom. The van der Waals surface area contributed by atoms with E-state index in [1.165, 1.54) is 0 Å². The molecule has 8 heteroatoms. The fourth-order valence-electron chi connectivity index (χ4n) is 2.64. The third kappa shape index (κ3) is 3.76. The summed E-state index contributed by atoms with van der Waals surface area (Å²) in [5.74, 6) is -0.406.